The molecule has 0 aromatic carbocycles. The Kier molecular flexibility index (Phi) is 4.40. The molecule has 108 valence electrons. The molecule has 1 amide bonds. The minimum absolute atomic E-state index is 0.0410. The molecule has 0 aliphatic carbocycles. The molecule has 3 N–H and O–H groups in total. The van der Waals surface area contributed by atoms with Crippen LogP contribution in [0.1, 0.15) is 50.8 Å². The zero-order chi connectivity index (χ0) is 14.8. The highest BCUT2D eigenvalue weighted by Gasteiger charge is 2.25. The van der Waals surface area contributed by atoms with Gasteiger partial charge in [-0.3, -0.25) is 9.89 Å². The second kappa shape index (κ2) is 5.33. The van der Waals surface area contributed by atoms with Crippen molar-refractivity contribution in [2.45, 2.75) is 40.0 Å². The molecule has 0 fully saturated rings. The van der Waals surface area contributed by atoms with Crippen molar-refractivity contribution in [2.75, 3.05) is 20.1 Å². The van der Waals surface area contributed by atoms with Crippen LogP contribution in [0.4, 0.5) is 0 Å². The van der Waals surface area contributed by atoms with Gasteiger partial charge in [-0.1, -0.05) is 34.6 Å². The van der Waals surface area contributed by atoms with Crippen molar-refractivity contribution in [3.05, 3.63) is 17.5 Å². The molecule has 0 aliphatic rings. The van der Waals surface area contributed by atoms with Gasteiger partial charge in [0.1, 0.15) is 5.69 Å². The number of H-pyrrole nitrogens is 1. The average Bonchev–Trinajstić information content (AvgIpc) is 2.76. The van der Waals surface area contributed by atoms with E-state index in [2.05, 4.69) is 31.0 Å². The van der Waals surface area contributed by atoms with E-state index < -0.39 is 0 Å². The first-order valence-corrected chi connectivity index (χ1v) is 6.58. The van der Waals surface area contributed by atoms with Gasteiger partial charge in [0.2, 0.25) is 0 Å². The molecule has 0 spiro atoms. The van der Waals surface area contributed by atoms with Crippen molar-refractivity contribution in [2.24, 2.45) is 11.1 Å². The average molecular weight is 266 g/mol. The molecule has 0 saturated carbocycles. The summed E-state index contributed by atoms with van der Waals surface area (Å²) in [5.74, 6) is -0.0757. The Morgan fingerprint density at radius 1 is 1.37 bits per heavy atom. The van der Waals surface area contributed by atoms with Crippen molar-refractivity contribution in [3.63, 3.8) is 0 Å². The number of aromatic nitrogens is 2. The summed E-state index contributed by atoms with van der Waals surface area (Å²) in [5.41, 5.74) is 6.98. The van der Waals surface area contributed by atoms with Gasteiger partial charge in [0.25, 0.3) is 5.91 Å². The molecule has 1 aromatic rings. The number of amides is 1. The van der Waals surface area contributed by atoms with E-state index in [0.29, 0.717) is 18.8 Å². The van der Waals surface area contributed by atoms with Gasteiger partial charge >= 0.3 is 0 Å². The molecule has 0 saturated heterocycles. The summed E-state index contributed by atoms with van der Waals surface area (Å²) in [6, 6.07) is 1.83. The summed E-state index contributed by atoms with van der Waals surface area (Å²) in [7, 11) is 1.78. The summed E-state index contributed by atoms with van der Waals surface area (Å²) >= 11 is 0. The lowest BCUT2D eigenvalue weighted by molar-refractivity contribution is 0.0734. The summed E-state index contributed by atoms with van der Waals surface area (Å²) in [4.78, 5) is 14.0. The number of rotatable bonds is 4. The van der Waals surface area contributed by atoms with E-state index in [1.54, 1.807) is 11.9 Å². The fraction of sp³-hybridized carbons (Fsp3) is 0.714. The second-order valence-electron chi connectivity index (χ2n) is 6.95. The molecular weight excluding hydrogens is 240 g/mol. The zero-order valence-corrected chi connectivity index (χ0v) is 12.9. The van der Waals surface area contributed by atoms with E-state index in [1.807, 2.05) is 19.9 Å². The number of aromatic amines is 1. The minimum Gasteiger partial charge on any atom is -0.340 e. The lowest BCUT2D eigenvalue weighted by Gasteiger charge is -2.28. The molecule has 5 nitrogen and oxygen atoms in total. The molecular formula is C14H26N4O. The third kappa shape index (κ3) is 4.06. The molecule has 5 heteroatoms. The first-order valence-electron chi connectivity index (χ1n) is 6.58. The van der Waals surface area contributed by atoms with Gasteiger partial charge in [0.15, 0.2) is 0 Å². The number of nitrogens with zero attached hydrogens (tertiary/aromatic N) is 2. The maximum absolute atomic E-state index is 12.3. The van der Waals surface area contributed by atoms with E-state index >= 15 is 0 Å². The quantitative estimate of drug-likeness (QED) is 0.872. The predicted octanol–water partition coefficient (Wildman–Crippen LogP) is 1.76. The Labute approximate surface area is 115 Å². The predicted molar refractivity (Wildman–Crippen MR) is 77.1 cm³/mol. The normalized spacial score (nSPS) is 12.6. The third-order valence-corrected chi connectivity index (χ3v) is 3.17. The van der Waals surface area contributed by atoms with Crippen LogP contribution in [0.3, 0.4) is 0 Å². The van der Waals surface area contributed by atoms with Crippen LogP contribution >= 0.6 is 0 Å². The van der Waals surface area contributed by atoms with E-state index in [-0.39, 0.29) is 16.7 Å². The van der Waals surface area contributed by atoms with E-state index in [9.17, 15) is 4.79 Å². The van der Waals surface area contributed by atoms with Gasteiger partial charge in [-0.25, -0.2) is 0 Å². The van der Waals surface area contributed by atoms with Crippen molar-refractivity contribution in [1.82, 2.24) is 15.1 Å². The standard InChI is InChI=1S/C14H26N4O/c1-13(2,3)11-7-10(16-17-11)12(19)18(6)9-14(4,5)8-15/h7H,8-9,15H2,1-6H3,(H,16,17). The highest BCUT2D eigenvalue weighted by molar-refractivity contribution is 5.92. The van der Waals surface area contributed by atoms with Crippen LogP contribution in [0.5, 0.6) is 0 Å². The smallest absolute Gasteiger partial charge is 0.274 e. The van der Waals surface area contributed by atoms with E-state index in [4.69, 9.17) is 5.73 Å². The minimum atomic E-state index is -0.0897. The molecule has 0 bridgehead atoms. The topological polar surface area (TPSA) is 75.0 Å². The van der Waals surface area contributed by atoms with Crippen LogP contribution in [-0.4, -0.2) is 41.1 Å². The maximum Gasteiger partial charge on any atom is 0.274 e. The van der Waals surface area contributed by atoms with Crippen molar-refractivity contribution < 1.29 is 4.79 Å². The Hall–Kier alpha value is -1.36. The van der Waals surface area contributed by atoms with Gasteiger partial charge in [-0.15, -0.1) is 0 Å². The van der Waals surface area contributed by atoms with Crippen LogP contribution < -0.4 is 5.73 Å². The fourth-order valence-corrected chi connectivity index (χ4v) is 1.79. The first-order chi connectivity index (χ1) is 8.57. The summed E-state index contributed by atoms with van der Waals surface area (Å²) < 4.78 is 0. The number of nitrogens with two attached hydrogens (primary N) is 1. The number of carbonyl (C=O) groups excluding carboxylic acids is 1. The van der Waals surface area contributed by atoms with Crippen molar-refractivity contribution in [3.8, 4) is 0 Å². The fourth-order valence-electron chi connectivity index (χ4n) is 1.79. The Morgan fingerprint density at radius 3 is 2.37 bits per heavy atom. The second-order valence-corrected chi connectivity index (χ2v) is 6.95. The monoisotopic (exact) mass is 266 g/mol. The summed E-state index contributed by atoms with van der Waals surface area (Å²) in [6.07, 6.45) is 0. The maximum atomic E-state index is 12.3. The molecule has 0 aliphatic heterocycles. The molecule has 1 aromatic heterocycles. The van der Waals surface area contributed by atoms with E-state index in [1.165, 1.54) is 0 Å². The summed E-state index contributed by atoms with van der Waals surface area (Å²) in [6.45, 7) is 11.5. The third-order valence-electron chi connectivity index (χ3n) is 3.17. The van der Waals surface area contributed by atoms with Crippen LogP contribution in [0.2, 0.25) is 0 Å². The molecule has 0 radical (unpaired) electrons. The van der Waals surface area contributed by atoms with Gasteiger partial charge in [0, 0.05) is 24.7 Å². The van der Waals surface area contributed by atoms with Gasteiger partial charge < -0.3 is 10.6 Å². The first kappa shape index (κ1) is 15.7. The molecule has 1 rings (SSSR count). The molecule has 0 atom stereocenters. The number of hydrogen-bond acceptors (Lipinski definition) is 3. The Bertz CT molecular complexity index is 443. The van der Waals surface area contributed by atoms with Gasteiger partial charge in [-0.2, -0.15) is 5.10 Å². The highest BCUT2D eigenvalue weighted by atomic mass is 16.2. The van der Waals surface area contributed by atoms with Gasteiger partial charge in [-0.05, 0) is 18.0 Å². The zero-order valence-electron chi connectivity index (χ0n) is 12.9. The Morgan fingerprint density at radius 2 is 1.95 bits per heavy atom. The largest absolute Gasteiger partial charge is 0.340 e. The number of carbonyl (C=O) groups is 1. The SMILES string of the molecule is CN(CC(C)(C)CN)C(=O)c1cc(C(C)(C)C)[nH]n1. The van der Waals surface area contributed by atoms with Crippen molar-refractivity contribution >= 4 is 5.91 Å². The van der Waals surface area contributed by atoms with E-state index in [0.717, 1.165) is 5.69 Å². The highest BCUT2D eigenvalue weighted by Crippen LogP contribution is 2.21. The van der Waals surface area contributed by atoms with Crippen LogP contribution in [0.15, 0.2) is 6.07 Å². The lowest BCUT2D eigenvalue weighted by Crippen LogP contribution is -2.39. The molecule has 1 heterocycles. The number of nitrogens with one attached hydrogen (secondary N) is 1. The van der Waals surface area contributed by atoms with Gasteiger partial charge in [0.05, 0.1) is 0 Å². The van der Waals surface area contributed by atoms with Crippen LogP contribution in [-0.2, 0) is 5.41 Å². The Balaban J connectivity index is 2.81. The van der Waals surface area contributed by atoms with Crippen LogP contribution in [0.25, 0.3) is 0 Å². The molecule has 19 heavy (non-hydrogen) atoms. The number of hydrogen-bond donors (Lipinski definition) is 2. The van der Waals surface area contributed by atoms with Crippen molar-refractivity contribution in [1.29, 1.82) is 0 Å². The lowest BCUT2D eigenvalue weighted by atomic mass is 9.92. The summed E-state index contributed by atoms with van der Waals surface area (Å²) in [5, 5.41) is 7.05. The molecule has 0 unspecified atom stereocenters. The van der Waals surface area contributed by atoms with Crippen LogP contribution in [0, 0.1) is 5.41 Å².